The Labute approximate surface area is 144 Å². The highest BCUT2D eigenvalue weighted by Gasteiger charge is 2.39. The van der Waals surface area contributed by atoms with Crippen molar-refractivity contribution >= 4 is 21.6 Å². The lowest BCUT2D eigenvalue weighted by atomic mass is 10.2. The summed E-state index contributed by atoms with van der Waals surface area (Å²) in [6.45, 7) is 1.64. The second-order valence-electron chi connectivity index (χ2n) is 5.72. The van der Waals surface area contributed by atoms with E-state index >= 15 is 0 Å². The van der Waals surface area contributed by atoms with E-state index in [1.54, 1.807) is 6.07 Å². The van der Waals surface area contributed by atoms with E-state index in [2.05, 4.69) is 0 Å². The Morgan fingerprint density at radius 3 is 2.32 bits per heavy atom. The molecule has 2 aromatic carbocycles. The maximum absolute atomic E-state index is 13.4. The average molecular weight is 366 g/mol. The Balaban J connectivity index is 1.87. The van der Waals surface area contributed by atoms with Gasteiger partial charge in [0.05, 0.1) is 4.90 Å². The minimum atomic E-state index is -3.93. The first-order chi connectivity index (χ1) is 11.8. The summed E-state index contributed by atoms with van der Waals surface area (Å²) in [4.78, 5) is 13.9. The Morgan fingerprint density at radius 1 is 1.00 bits per heavy atom. The minimum absolute atomic E-state index is 0.0587. The van der Waals surface area contributed by atoms with E-state index < -0.39 is 33.6 Å². The van der Waals surface area contributed by atoms with E-state index in [1.807, 2.05) is 0 Å². The number of amides is 1. The number of sulfonamides is 1. The summed E-state index contributed by atoms with van der Waals surface area (Å²) in [6.07, 6.45) is 0. The summed E-state index contributed by atoms with van der Waals surface area (Å²) in [5.41, 5.74) is 0.385. The van der Waals surface area contributed by atoms with Crippen LogP contribution in [-0.4, -0.2) is 37.8 Å². The number of anilines is 1. The second-order valence-corrected chi connectivity index (χ2v) is 7.61. The molecule has 5 nitrogen and oxygen atoms in total. The number of piperazine rings is 1. The third-order valence-electron chi connectivity index (χ3n) is 4.14. The summed E-state index contributed by atoms with van der Waals surface area (Å²) < 4.78 is 52.9. The van der Waals surface area contributed by atoms with Gasteiger partial charge in [-0.05, 0) is 49.4 Å². The van der Waals surface area contributed by atoms with Gasteiger partial charge in [0, 0.05) is 18.8 Å². The van der Waals surface area contributed by atoms with E-state index in [1.165, 1.54) is 42.2 Å². The van der Waals surface area contributed by atoms with Crippen LogP contribution in [0.15, 0.2) is 53.4 Å². The van der Waals surface area contributed by atoms with Crippen LogP contribution in [-0.2, 0) is 14.8 Å². The van der Waals surface area contributed by atoms with Crippen LogP contribution in [0.5, 0.6) is 0 Å². The van der Waals surface area contributed by atoms with Crippen molar-refractivity contribution in [2.24, 2.45) is 0 Å². The van der Waals surface area contributed by atoms with E-state index in [0.717, 1.165) is 16.4 Å². The summed E-state index contributed by atoms with van der Waals surface area (Å²) in [5, 5.41) is 0. The summed E-state index contributed by atoms with van der Waals surface area (Å²) in [7, 11) is -3.93. The molecule has 0 aromatic heterocycles. The number of rotatable bonds is 3. The van der Waals surface area contributed by atoms with Crippen LogP contribution >= 0.6 is 0 Å². The molecule has 1 aliphatic rings. The highest BCUT2D eigenvalue weighted by atomic mass is 32.2. The molecule has 0 spiro atoms. The lowest BCUT2D eigenvalue weighted by Gasteiger charge is -2.38. The molecule has 1 saturated heterocycles. The molecule has 0 N–H and O–H groups in total. The number of hydrogen-bond donors (Lipinski definition) is 0. The fourth-order valence-corrected chi connectivity index (χ4v) is 4.40. The fraction of sp³-hybridized carbons (Fsp3) is 0.235. The minimum Gasteiger partial charge on any atom is -0.310 e. The van der Waals surface area contributed by atoms with Crippen LogP contribution in [0.4, 0.5) is 14.5 Å². The van der Waals surface area contributed by atoms with Crippen molar-refractivity contribution in [2.45, 2.75) is 17.9 Å². The average Bonchev–Trinajstić information content (AvgIpc) is 2.57. The van der Waals surface area contributed by atoms with E-state index in [-0.39, 0.29) is 18.0 Å². The van der Waals surface area contributed by atoms with Gasteiger partial charge in [0.1, 0.15) is 17.7 Å². The molecule has 1 amide bonds. The molecular weight excluding hydrogens is 350 g/mol. The number of carbonyl (C=O) groups is 1. The molecule has 0 radical (unpaired) electrons. The largest absolute Gasteiger partial charge is 0.310 e. The highest BCUT2D eigenvalue weighted by molar-refractivity contribution is 7.89. The Morgan fingerprint density at radius 2 is 1.68 bits per heavy atom. The van der Waals surface area contributed by atoms with Crippen LogP contribution in [0.2, 0.25) is 0 Å². The normalized spacial score (nSPS) is 19.2. The highest BCUT2D eigenvalue weighted by Crippen LogP contribution is 2.26. The zero-order valence-electron chi connectivity index (χ0n) is 13.4. The zero-order valence-corrected chi connectivity index (χ0v) is 14.2. The first-order valence-corrected chi connectivity index (χ1v) is 9.09. The van der Waals surface area contributed by atoms with Gasteiger partial charge in [0.25, 0.3) is 0 Å². The first kappa shape index (κ1) is 17.5. The molecule has 0 unspecified atom stereocenters. The molecule has 0 bridgehead atoms. The molecule has 0 aliphatic carbocycles. The van der Waals surface area contributed by atoms with Crippen LogP contribution in [0.3, 0.4) is 0 Å². The molecule has 2 aromatic rings. The molecule has 1 heterocycles. The van der Waals surface area contributed by atoms with Gasteiger partial charge >= 0.3 is 0 Å². The Kier molecular flexibility index (Phi) is 4.57. The van der Waals surface area contributed by atoms with Crippen molar-refractivity contribution < 1.29 is 22.0 Å². The number of halogens is 2. The van der Waals surface area contributed by atoms with E-state index in [9.17, 15) is 22.0 Å². The first-order valence-electron chi connectivity index (χ1n) is 7.65. The van der Waals surface area contributed by atoms with Gasteiger partial charge in [0.15, 0.2) is 0 Å². The summed E-state index contributed by atoms with van der Waals surface area (Å²) in [5.74, 6) is -1.46. The molecule has 1 atom stereocenters. The van der Waals surface area contributed by atoms with Crippen molar-refractivity contribution in [3.05, 3.63) is 60.2 Å². The molecule has 132 valence electrons. The third-order valence-corrected chi connectivity index (χ3v) is 6.12. The predicted molar refractivity (Wildman–Crippen MR) is 88.5 cm³/mol. The van der Waals surface area contributed by atoms with Gasteiger partial charge < -0.3 is 4.90 Å². The number of benzene rings is 2. The summed E-state index contributed by atoms with van der Waals surface area (Å²) in [6, 6.07) is 9.09. The van der Waals surface area contributed by atoms with E-state index in [0.29, 0.717) is 5.69 Å². The van der Waals surface area contributed by atoms with Gasteiger partial charge in [-0.2, -0.15) is 4.31 Å². The van der Waals surface area contributed by atoms with Crippen molar-refractivity contribution in [3.8, 4) is 0 Å². The Hall–Kier alpha value is -2.32. The van der Waals surface area contributed by atoms with Gasteiger partial charge in [-0.15, -0.1) is 0 Å². The molecule has 1 aliphatic heterocycles. The topological polar surface area (TPSA) is 57.7 Å². The monoisotopic (exact) mass is 366 g/mol. The maximum atomic E-state index is 13.4. The molecule has 3 rings (SSSR count). The van der Waals surface area contributed by atoms with Crippen LogP contribution < -0.4 is 4.90 Å². The van der Waals surface area contributed by atoms with Crippen molar-refractivity contribution in [2.75, 3.05) is 18.0 Å². The lowest BCUT2D eigenvalue weighted by molar-refractivity contribution is -0.123. The van der Waals surface area contributed by atoms with Crippen molar-refractivity contribution in [3.63, 3.8) is 0 Å². The van der Waals surface area contributed by atoms with Gasteiger partial charge in [-0.3, -0.25) is 4.79 Å². The lowest BCUT2D eigenvalue weighted by Crippen LogP contribution is -2.57. The van der Waals surface area contributed by atoms with Crippen molar-refractivity contribution in [1.82, 2.24) is 4.31 Å². The standard InChI is InChI=1S/C17H16F2N2O3S/c1-12-17(22)20(15-4-2-3-14(19)11-15)9-10-21(12)25(23,24)16-7-5-13(18)6-8-16/h2-8,11-12H,9-10H2,1H3/t12-/m1/s1. The molecule has 8 heteroatoms. The quantitative estimate of drug-likeness (QED) is 0.838. The number of carbonyl (C=O) groups excluding carboxylic acids is 1. The van der Waals surface area contributed by atoms with Crippen LogP contribution in [0.1, 0.15) is 6.92 Å². The van der Waals surface area contributed by atoms with Gasteiger partial charge in [0.2, 0.25) is 15.9 Å². The molecule has 25 heavy (non-hydrogen) atoms. The summed E-state index contributed by atoms with van der Waals surface area (Å²) >= 11 is 0. The van der Waals surface area contributed by atoms with Gasteiger partial charge in [-0.1, -0.05) is 6.07 Å². The smallest absolute Gasteiger partial charge is 0.245 e. The Bertz CT molecular complexity index is 900. The SMILES string of the molecule is C[C@@H]1C(=O)N(c2cccc(F)c2)CCN1S(=O)(=O)c1ccc(F)cc1. The van der Waals surface area contributed by atoms with E-state index in [4.69, 9.17) is 0 Å². The van der Waals surface area contributed by atoms with Gasteiger partial charge in [-0.25, -0.2) is 17.2 Å². The van der Waals surface area contributed by atoms with Crippen LogP contribution in [0.25, 0.3) is 0 Å². The van der Waals surface area contributed by atoms with Crippen LogP contribution in [0, 0.1) is 11.6 Å². The van der Waals surface area contributed by atoms with Crippen molar-refractivity contribution in [1.29, 1.82) is 0 Å². The number of nitrogens with zero attached hydrogens (tertiary/aromatic N) is 2. The number of hydrogen-bond acceptors (Lipinski definition) is 3. The third kappa shape index (κ3) is 3.27. The maximum Gasteiger partial charge on any atom is 0.245 e. The molecule has 0 saturated carbocycles. The fourth-order valence-electron chi connectivity index (χ4n) is 2.82. The zero-order chi connectivity index (χ0) is 18.2. The molecule has 1 fully saturated rings. The second kappa shape index (κ2) is 6.53. The molecular formula is C17H16F2N2O3S. The predicted octanol–water partition coefficient (Wildman–Crippen LogP) is 2.39.